The molecular formula is C20H25ClN4O3S. The van der Waals surface area contributed by atoms with E-state index in [2.05, 4.69) is 24.6 Å². The standard InChI is InChI=1S/C20H25ClN4O3S/c1-13(2)7-8-25-18-10-15(11-19(29(22,27)28)16(18)12-23-25)24-20(26)9-14-5-3-4-6-17(14)21/h3-6,10-11,13,23H,7-9,12H2,1-2H3,(H,24,26)(H2,22,27,28). The largest absolute Gasteiger partial charge is 0.326 e. The molecule has 2 aromatic rings. The van der Waals surface area contributed by atoms with E-state index in [1.165, 1.54) is 6.07 Å². The average molecular weight is 437 g/mol. The number of amides is 1. The number of anilines is 2. The van der Waals surface area contributed by atoms with Crippen LogP contribution < -0.4 is 20.9 Å². The van der Waals surface area contributed by atoms with Gasteiger partial charge in [0.05, 0.1) is 17.0 Å². The number of rotatable bonds is 7. The van der Waals surface area contributed by atoms with Crippen LogP contribution in [0.1, 0.15) is 31.4 Å². The van der Waals surface area contributed by atoms with E-state index in [0.717, 1.165) is 6.42 Å². The predicted molar refractivity (Wildman–Crippen MR) is 115 cm³/mol. The van der Waals surface area contributed by atoms with Gasteiger partial charge < -0.3 is 10.3 Å². The third kappa shape index (κ3) is 5.27. The van der Waals surface area contributed by atoms with Gasteiger partial charge in [0.25, 0.3) is 0 Å². The highest BCUT2D eigenvalue weighted by Crippen LogP contribution is 2.34. The van der Waals surface area contributed by atoms with Crippen LogP contribution in [0.4, 0.5) is 11.4 Å². The second kappa shape index (κ2) is 8.71. The number of hydrogen-bond acceptors (Lipinski definition) is 5. The van der Waals surface area contributed by atoms with Crippen molar-refractivity contribution in [3.63, 3.8) is 0 Å². The molecule has 0 atom stereocenters. The lowest BCUT2D eigenvalue weighted by atomic mass is 10.1. The van der Waals surface area contributed by atoms with Crippen LogP contribution in [0.3, 0.4) is 0 Å². The van der Waals surface area contributed by atoms with E-state index in [1.54, 1.807) is 30.3 Å². The molecule has 0 spiro atoms. The number of nitrogens with two attached hydrogens (primary N) is 1. The number of carbonyl (C=O) groups excluding carboxylic acids is 1. The Kier molecular flexibility index (Phi) is 6.48. The molecule has 1 aliphatic rings. The Morgan fingerprint density at radius 3 is 2.69 bits per heavy atom. The third-order valence-corrected chi connectivity index (χ3v) is 6.10. The van der Waals surface area contributed by atoms with Gasteiger partial charge in [-0.1, -0.05) is 43.6 Å². The van der Waals surface area contributed by atoms with Crippen molar-refractivity contribution in [2.24, 2.45) is 11.1 Å². The number of fused-ring (bicyclic) bond motifs is 1. The minimum absolute atomic E-state index is 0.0163. The number of carbonyl (C=O) groups is 1. The minimum Gasteiger partial charge on any atom is -0.326 e. The first kappa shape index (κ1) is 21.6. The highest BCUT2D eigenvalue weighted by molar-refractivity contribution is 7.89. The molecule has 1 amide bonds. The molecule has 3 rings (SSSR count). The van der Waals surface area contributed by atoms with Crippen LogP contribution in [0.5, 0.6) is 0 Å². The van der Waals surface area contributed by atoms with Crippen LogP contribution >= 0.6 is 11.6 Å². The zero-order valence-electron chi connectivity index (χ0n) is 16.4. The molecule has 0 saturated heterocycles. The fourth-order valence-electron chi connectivity index (χ4n) is 3.24. The molecule has 0 saturated carbocycles. The monoisotopic (exact) mass is 436 g/mol. The molecule has 1 heterocycles. The van der Waals surface area contributed by atoms with E-state index in [-0.39, 0.29) is 17.2 Å². The van der Waals surface area contributed by atoms with Crippen molar-refractivity contribution >= 4 is 38.9 Å². The first-order valence-electron chi connectivity index (χ1n) is 9.39. The fraction of sp³-hybridized carbons (Fsp3) is 0.350. The molecule has 9 heteroatoms. The number of benzene rings is 2. The Balaban J connectivity index is 1.88. The van der Waals surface area contributed by atoms with Gasteiger partial charge in [0.1, 0.15) is 0 Å². The molecule has 0 fully saturated rings. The third-order valence-electron chi connectivity index (χ3n) is 4.75. The summed E-state index contributed by atoms with van der Waals surface area (Å²) in [6.45, 7) is 5.33. The van der Waals surface area contributed by atoms with Gasteiger partial charge in [-0.25, -0.2) is 19.0 Å². The molecule has 7 nitrogen and oxygen atoms in total. The molecule has 1 aliphatic heterocycles. The lowest BCUT2D eigenvalue weighted by Crippen LogP contribution is -2.33. The number of hydrazine groups is 1. The Morgan fingerprint density at radius 2 is 2.03 bits per heavy atom. The smallest absolute Gasteiger partial charge is 0.238 e. The first-order chi connectivity index (χ1) is 13.6. The van der Waals surface area contributed by atoms with E-state index in [1.807, 2.05) is 5.01 Å². The molecular weight excluding hydrogens is 412 g/mol. The molecule has 0 aromatic heterocycles. The SMILES string of the molecule is CC(C)CCN1NCc2c1cc(NC(=O)Cc1ccccc1Cl)cc2S(N)(=O)=O. The van der Waals surface area contributed by atoms with Crippen LogP contribution in [0.2, 0.25) is 5.02 Å². The summed E-state index contributed by atoms with van der Waals surface area (Å²) in [6, 6.07) is 10.3. The summed E-state index contributed by atoms with van der Waals surface area (Å²) >= 11 is 6.12. The number of halogens is 1. The van der Waals surface area contributed by atoms with Gasteiger partial charge >= 0.3 is 0 Å². The van der Waals surface area contributed by atoms with E-state index in [4.69, 9.17) is 16.7 Å². The fourth-order valence-corrected chi connectivity index (χ4v) is 4.26. The van der Waals surface area contributed by atoms with Crippen LogP contribution in [-0.4, -0.2) is 20.9 Å². The maximum absolute atomic E-state index is 12.5. The number of primary sulfonamides is 1. The van der Waals surface area contributed by atoms with Crippen LogP contribution in [0.15, 0.2) is 41.3 Å². The van der Waals surface area contributed by atoms with E-state index < -0.39 is 10.0 Å². The van der Waals surface area contributed by atoms with Crippen molar-refractivity contribution in [2.75, 3.05) is 16.9 Å². The summed E-state index contributed by atoms with van der Waals surface area (Å²) in [6.07, 6.45) is 1.01. The maximum atomic E-state index is 12.5. The van der Waals surface area contributed by atoms with Gasteiger partial charge in [0.2, 0.25) is 15.9 Å². The Morgan fingerprint density at radius 1 is 1.31 bits per heavy atom. The molecule has 2 aromatic carbocycles. The van der Waals surface area contributed by atoms with Crippen molar-refractivity contribution < 1.29 is 13.2 Å². The predicted octanol–water partition coefficient (Wildman–Crippen LogP) is 3.04. The summed E-state index contributed by atoms with van der Waals surface area (Å²) in [5.74, 6) is 0.204. The summed E-state index contributed by atoms with van der Waals surface area (Å²) < 4.78 is 24.3. The Labute approximate surface area is 176 Å². The second-order valence-corrected chi connectivity index (χ2v) is 9.44. The topological polar surface area (TPSA) is 105 Å². The van der Waals surface area contributed by atoms with Gasteiger partial charge in [0, 0.05) is 29.4 Å². The lowest BCUT2D eigenvalue weighted by molar-refractivity contribution is -0.115. The van der Waals surface area contributed by atoms with Crippen LogP contribution in [-0.2, 0) is 27.8 Å². The Hall–Kier alpha value is -2.13. The van der Waals surface area contributed by atoms with Crippen LogP contribution in [0.25, 0.3) is 0 Å². The molecule has 0 unspecified atom stereocenters. The quantitative estimate of drug-likeness (QED) is 0.618. The minimum atomic E-state index is -3.95. The summed E-state index contributed by atoms with van der Waals surface area (Å²) in [7, 11) is -3.95. The van der Waals surface area contributed by atoms with E-state index >= 15 is 0 Å². The van der Waals surface area contributed by atoms with Gasteiger partial charge in [-0.15, -0.1) is 0 Å². The molecule has 0 bridgehead atoms. The van der Waals surface area contributed by atoms with Crippen molar-refractivity contribution in [3.05, 3.63) is 52.5 Å². The molecule has 4 N–H and O–H groups in total. The summed E-state index contributed by atoms with van der Waals surface area (Å²) in [5, 5.41) is 10.6. The van der Waals surface area contributed by atoms with Crippen molar-refractivity contribution in [1.82, 2.24) is 5.43 Å². The maximum Gasteiger partial charge on any atom is 0.238 e. The van der Waals surface area contributed by atoms with Gasteiger partial charge in [-0.05, 0) is 36.1 Å². The van der Waals surface area contributed by atoms with E-state index in [9.17, 15) is 13.2 Å². The molecule has 29 heavy (non-hydrogen) atoms. The van der Waals surface area contributed by atoms with Crippen molar-refractivity contribution in [1.29, 1.82) is 0 Å². The average Bonchev–Trinajstić information content (AvgIpc) is 3.03. The number of nitrogens with zero attached hydrogens (tertiary/aromatic N) is 1. The van der Waals surface area contributed by atoms with Gasteiger partial charge in [0.15, 0.2) is 0 Å². The first-order valence-corrected chi connectivity index (χ1v) is 11.3. The van der Waals surface area contributed by atoms with Gasteiger partial charge in [-0.3, -0.25) is 4.79 Å². The molecule has 0 radical (unpaired) electrons. The van der Waals surface area contributed by atoms with E-state index in [0.29, 0.717) is 46.5 Å². The molecule has 156 valence electrons. The lowest BCUT2D eigenvalue weighted by Gasteiger charge is -2.21. The highest BCUT2D eigenvalue weighted by Gasteiger charge is 2.27. The number of hydrogen-bond donors (Lipinski definition) is 3. The number of nitrogens with one attached hydrogen (secondary N) is 2. The van der Waals surface area contributed by atoms with Crippen molar-refractivity contribution in [2.45, 2.75) is 38.1 Å². The van der Waals surface area contributed by atoms with Crippen molar-refractivity contribution in [3.8, 4) is 0 Å². The summed E-state index contributed by atoms with van der Waals surface area (Å²) in [5.41, 5.74) is 5.60. The van der Waals surface area contributed by atoms with Crippen LogP contribution in [0, 0.1) is 5.92 Å². The summed E-state index contributed by atoms with van der Waals surface area (Å²) in [4.78, 5) is 12.5. The molecule has 0 aliphatic carbocycles. The Bertz CT molecular complexity index is 1020. The van der Waals surface area contributed by atoms with Gasteiger partial charge in [-0.2, -0.15) is 0 Å². The zero-order valence-corrected chi connectivity index (χ0v) is 18.0. The normalized spacial score (nSPS) is 13.6. The number of sulfonamides is 1. The zero-order chi connectivity index (χ0) is 21.2. The highest BCUT2D eigenvalue weighted by atomic mass is 35.5. The second-order valence-electron chi connectivity index (χ2n) is 7.50.